The van der Waals surface area contributed by atoms with Gasteiger partial charge in [0.2, 0.25) is 0 Å². The van der Waals surface area contributed by atoms with Crippen molar-refractivity contribution in [3.8, 4) is 0 Å². The molecule has 1 aliphatic rings. The van der Waals surface area contributed by atoms with E-state index in [1.54, 1.807) is 0 Å². The van der Waals surface area contributed by atoms with Gasteiger partial charge in [0.25, 0.3) is 0 Å². The molecule has 0 atom stereocenters. The van der Waals surface area contributed by atoms with Crippen LogP contribution in [-0.4, -0.2) is 19.9 Å². The van der Waals surface area contributed by atoms with Gasteiger partial charge in [0.15, 0.2) is 0 Å². The Balaban J connectivity index is 1.88. The first kappa shape index (κ1) is 24.3. The summed E-state index contributed by atoms with van der Waals surface area (Å²) >= 11 is 0. The maximum atomic E-state index is 3.80. The van der Waals surface area contributed by atoms with Gasteiger partial charge in [-0.1, -0.05) is 53.4 Å². The van der Waals surface area contributed by atoms with Crippen molar-refractivity contribution in [2.24, 2.45) is 0 Å². The van der Waals surface area contributed by atoms with E-state index in [4.69, 9.17) is 0 Å². The normalized spacial score (nSPS) is 13.7. The van der Waals surface area contributed by atoms with Crippen LogP contribution in [0.5, 0.6) is 0 Å². The van der Waals surface area contributed by atoms with Crippen LogP contribution in [0.25, 0.3) is 22.3 Å². The largest absolute Gasteiger partial charge is 0.355 e. The second kappa shape index (κ2) is 10.7. The second-order valence-electron chi connectivity index (χ2n) is 10.1. The lowest BCUT2D eigenvalue weighted by atomic mass is 10.1. The molecule has 4 nitrogen and oxygen atoms in total. The van der Waals surface area contributed by atoms with Crippen molar-refractivity contribution >= 4 is 22.3 Å². The van der Waals surface area contributed by atoms with Gasteiger partial charge in [0, 0.05) is 44.2 Å². The first-order valence-electron chi connectivity index (χ1n) is 13.9. The quantitative estimate of drug-likeness (QED) is 0.264. The Hall–Kier alpha value is -3.40. The van der Waals surface area contributed by atoms with Crippen LogP contribution < -0.4 is 21.4 Å². The van der Waals surface area contributed by atoms with Crippen LogP contribution >= 0.6 is 0 Å². The van der Waals surface area contributed by atoms with E-state index in [1.807, 2.05) is 0 Å². The molecule has 0 unspecified atom stereocenters. The molecule has 0 saturated carbocycles. The number of fused-ring (bicyclic) bond motifs is 8. The van der Waals surface area contributed by atoms with Gasteiger partial charge in [0.05, 0.1) is 0 Å². The van der Waals surface area contributed by atoms with Crippen LogP contribution in [-0.2, 0) is 0 Å². The molecule has 1 aliphatic heterocycles. The summed E-state index contributed by atoms with van der Waals surface area (Å²) in [6.45, 7) is 9.03. The van der Waals surface area contributed by atoms with Crippen LogP contribution in [0.4, 0.5) is 0 Å². The molecule has 0 radical (unpaired) electrons. The fraction of sp³-hybridized carbons (Fsp3) is 0.375. The molecular formula is C32H40N4. The molecule has 5 rings (SSSR count). The predicted molar refractivity (Wildman–Crippen MR) is 151 cm³/mol. The molecule has 0 aliphatic carbocycles. The van der Waals surface area contributed by atoms with Crippen molar-refractivity contribution < 1.29 is 0 Å². The zero-order valence-electron chi connectivity index (χ0n) is 22.3. The lowest BCUT2D eigenvalue weighted by Crippen LogP contribution is -2.18. The molecule has 8 bridgehead atoms. The second-order valence-corrected chi connectivity index (χ2v) is 10.1. The third kappa shape index (κ3) is 4.57. The smallest absolute Gasteiger partial charge is 0.0438 e. The molecule has 0 spiro atoms. The fourth-order valence-electron chi connectivity index (χ4n) is 5.65. The van der Waals surface area contributed by atoms with Gasteiger partial charge >= 0.3 is 0 Å². The van der Waals surface area contributed by atoms with Gasteiger partial charge in [-0.15, -0.1) is 0 Å². The highest BCUT2D eigenvalue weighted by Gasteiger charge is 2.14. The lowest BCUT2D eigenvalue weighted by molar-refractivity contribution is 0.939. The zero-order chi connectivity index (χ0) is 25.1. The highest BCUT2D eigenvalue weighted by Crippen LogP contribution is 2.23. The van der Waals surface area contributed by atoms with E-state index in [-0.39, 0.29) is 0 Å². The van der Waals surface area contributed by atoms with E-state index in [9.17, 15) is 0 Å². The summed E-state index contributed by atoms with van der Waals surface area (Å²) in [5.41, 5.74) is 10.3. The van der Waals surface area contributed by atoms with E-state index >= 15 is 0 Å². The number of rotatable bonds is 8. The SMILES string of the molecule is CCCC1=c2ccc([nH]2)=C(CCC)c2ccc([nH]2)C(CCC)=c2ccc([nH]2)=C(CCC)c2ccc1[nH]2. The van der Waals surface area contributed by atoms with E-state index in [0.717, 1.165) is 51.4 Å². The molecule has 4 aromatic heterocycles. The van der Waals surface area contributed by atoms with Gasteiger partial charge in [-0.05, 0) is 96.5 Å². The third-order valence-corrected chi connectivity index (χ3v) is 7.34. The number of H-pyrrole nitrogens is 4. The van der Waals surface area contributed by atoms with Crippen molar-refractivity contribution in [1.29, 1.82) is 0 Å². The van der Waals surface area contributed by atoms with Gasteiger partial charge in [-0.2, -0.15) is 0 Å². The molecule has 5 heterocycles. The number of aromatic amines is 4. The predicted octanol–water partition coefficient (Wildman–Crippen LogP) is 5.31. The fourth-order valence-corrected chi connectivity index (χ4v) is 5.65. The minimum absolute atomic E-state index is 1.03. The van der Waals surface area contributed by atoms with E-state index in [2.05, 4.69) is 96.2 Å². The van der Waals surface area contributed by atoms with E-state index in [1.165, 1.54) is 66.5 Å². The number of hydrogen-bond donors (Lipinski definition) is 4. The summed E-state index contributed by atoms with van der Waals surface area (Å²) in [7, 11) is 0. The van der Waals surface area contributed by atoms with E-state index < -0.39 is 0 Å². The molecule has 0 saturated heterocycles. The first-order chi connectivity index (χ1) is 17.7. The Kier molecular flexibility index (Phi) is 7.22. The molecule has 0 fully saturated rings. The molecule has 0 aromatic carbocycles. The summed E-state index contributed by atoms with van der Waals surface area (Å²) in [6.07, 6.45) is 8.52. The molecule has 4 N–H and O–H groups in total. The van der Waals surface area contributed by atoms with Crippen molar-refractivity contribution in [3.05, 3.63) is 92.7 Å². The number of hydrogen-bond acceptors (Lipinski definition) is 0. The Morgan fingerprint density at radius 2 is 0.611 bits per heavy atom. The first-order valence-corrected chi connectivity index (χ1v) is 13.9. The highest BCUT2D eigenvalue weighted by atomic mass is 14.8. The van der Waals surface area contributed by atoms with Crippen LogP contribution in [0, 0.1) is 0 Å². The number of aromatic nitrogens is 4. The summed E-state index contributed by atoms with van der Waals surface area (Å²) in [4.78, 5) is 15.2. The highest BCUT2D eigenvalue weighted by molar-refractivity contribution is 5.71. The topological polar surface area (TPSA) is 63.2 Å². The molecule has 36 heavy (non-hydrogen) atoms. The van der Waals surface area contributed by atoms with Gasteiger partial charge in [0.1, 0.15) is 0 Å². The van der Waals surface area contributed by atoms with Crippen LogP contribution in [0.3, 0.4) is 0 Å². The average molecular weight is 481 g/mol. The third-order valence-electron chi connectivity index (χ3n) is 7.34. The summed E-state index contributed by atoms with van der Waals surface area (Å²) in [5, 5.41) is 4.85. The van der Waals surface area contributed by atoms with Crippen molar-refractivity contribution in [3.63, 3.8) is 0 Å². The van der Waals surface area contributed by atoms with Crippen molar-refractivity contribution in [2.75, 3.05) is 0 Å². The monoisotopic (exact) mass is 480 g/mol. The van der Waals surface area contributed by atoms with Crippen LogP contribution in [0.15, 0.2) is 48.5 Å². The van der Waals surface area contributed by atoms with Crippen molar-refractivity contribution in [1.82, 2.24) is 19.9 Å². The Labute approximate surface area is 214 Å². The molecule has 4 heteroatoms. The Bertz CT molecular complexity index is 1350. The molecular weight excluding hydrogens is 440 g/mol. The van der Waals surface area contributed by atoms with Crippen molar-refractivity contribution in [2.45, 2.75) is 79.1 Å². The molecule has 4 aromatic rings. The summed E-state index contributed by atoms with van der Waals surface area (Å²) in [5.74, 6) is 0. The van der Waals surface area contributed by atoms with Gasteiger partial charge < -0.3 is 19.9 Å². The molecule has 188 valence electrons. The van der Waals surface area contributed by atoms with E-state index in [0.29, 0.717) is 0 Å². The molecule has 0 amide bonds. The van der Waals surface area contributed by atoms with Crippen LogP contribution in [0.2, 0.25) is 0 Å². The number of nitrogens with one attached hydrogen (secondary N) is 4. The maximum Gasteiger partial charge on any atom is 0.0438 e. The zero-order valence-corrected chi connectivity index (χ0v) is 22.3. The minimum atomic E-state index is 1.03. The Morgan fingerprint density at radius 1 is 0.361 bits per heavy atom. The minimum Gasteiger partial charge on any atom is -0.355 e. The summed E-state index contributed by atoms with van der Waals surface area (Å²) < 4.78 is 0. The Morgan fingerprint density at radius 3 is 0.833 bits per heavy atom. The van der Waals surface area contributed by atoms with Crippen LogP contribution in [0.1, 0.15) is 102 Å². The maximum absolute atomic E-state index is 3.80. The average Bonchev–Trinajstić information content (AvgIpc) is 3.69. The van der Waals surface area contributed by atoms with Gasteiger partial charge in [-0.3, -0.25) is 0 Å². The summed E-state index contributed by atoms with van der Waals surface area (Å²) in [6, 6.07) is 18.1. The lowest BCUT2D eigenvalue weighted by Gasteiger charge is -2.07. The standard InChI is InChI=1S/C32H40N4/c1-5-9-21-25-13-15-27(33-25)22(10-6-2)29-17-19-31(35-29)24(12-8-4)32-20-18-30(36-32)23(11-7-3)28-16-14-26(21)34-28/h13-20,33-36H,5-12H2,1-4H3. The van der Waals surface area contributed by atoms with Gasteiger partial charge in [-0.25, -0.2) is 0 Å².